The second-order valence-corrected chi connectivity index (χ2v) is 15.5. The first kappa shape index (κ1) is 40.2. The molecular weight excluding hydrogens is 698 g/mol. The Morgan fingerprint density at radius 1 is 0.741 bits per heavy atom. The number of aromatic nitrogens is 6. The van der Waals surface area contributed by atoms with Gasteiger partial charge in [-0.2, -0.15) is 10.2 Å². The van der Waals surface area contributed by atoms with Crippen molar-refractivity contribution in [1.82, 2.24) is 40.2 Å². The van der Waals surface area contributed by atoms with Gasteiger partial charge in [0.1, 0.15) is 17.1 Å². The predicted octanol–water partition coefficient (Wildman–Crippen LogP) is 6.14. The molecule has 0 atom stereocenters. The van der Waals surface area contributed by atoms with Gasteiger partial charge < -0.3 is 29.9 Å². The molecule has 4 aromatic rings. The van der Waals surface area contributed by atoms with Crippen molar-refractivity contribution in [1.29, 1.82) is 0 Å². The Morgan fingerprint density at radius 2 is 1.24 bits per heavy atom. The van der Waals surface area contributed by atoms with Crippen molar-refractivity contribution in [3.05, 3.63) is 48.4 Å². The van der Waals surface area contributed by atoms with E-state index in [0.717, 1.165) is 39.3 Å². The fourth-order valence-corrected chi connectivity index (χ4v) is 6.95. The van der Waals surface area contributed by atoms with Crippen LogP contribution in [0.3, 0.4) is 0 Å². The summed E-state index contributed by atoms with van der Waals surface area (Å²) < 4.78 is 39.4. The number of rotatable bonds is 14. The monoisotopic (exact) mass is 750 g/mol. The Bertz CT molecular complexity index is 1850. The minimum atomic E-state index is -0.615. The Morgan fingerprint density at radius 3 is 1.69 bits per heavy atom. The predicted molar refractivity (Wildman–Crippen MR) is 202 cm³/mol. The average Bonchev–Trinajstić information content (AvgIpc) is 3.96. The van der Waals surface area contributed by atoms with Crippen LogP contribution >= 0.6 is 0 Å². The molecule has 6 rings (SSSR count). The minimum Gasteiger partial charge on any atom is -0.495 e. The molecule has 0 bridgehead atoms. The van der Waals surface area contributed by atoms with Crippen LogP contribution in [0.15, 0.2) is 36.8 Å². The number of pyridine rings is 2. The SMILES string of the molecule is COc1ccc(-c2[nH]nc(NC(=O)CC(C)(C)CN3CCCC3)c2F)cn1.COc1cncc(-c2[nH]nc(NC(=O)CC(C)(C)CN3CCCC3)c2F)c1. The van der Waals surface area contributed by atoms with Crippen LogP contribution in [0, 0.1) is 22.5 Å². The van der Waals surface area contributed by atoms with E-state index in [2.05, 4.69) is 78.5 Å². The van der Waals surface area contributed by atoms with E-state index in [0.29, 0.717) is 35.6 Å². The fraction of sp³-hybridized carbons (Fsp3) is 0.526. The molecule has 2 aliphatic rings. The minimum absolute atomic E-state index is 0.0946. The third kappa shape index (κ3) is 11.0. The molecule has 0 saturated carbocycles. The Labute approximate surface area is 314 Å². The number of likely N-dealkylation sites (tertiary alicyclic amines) is 2. The number of nitrogens with one attached hydrogen (secondary N) is 4. The fourth-order valence-electron chi connectivity index (χ4n) is 6.95. The van der Waals surface area contributed by atoms with Crippen molar-refractivity contribution in [2.45, 2.75) is 66.2 Å². The molecule has 2 fully saturated rings. The maximum Gasteiger partial charge on any atom is 0.226 e. The molecule has 0 aromatic carbocycles. The van der Waals surface area contributed by atoms with Crippen LogP contribution in [0.4, 0.5) is 20.4 Å². The van der Waals surface area contributed by atoms with Gasteiger partial charge in [-0.25, -0.2) is 13.8 Å². The van der Waals surface area contributed by atoms with Crippen LogP contribution in [0.5, 0.6) is 11.6 Å². The lowest BCUT2D eigenvalue weighted by molar-refractivity contribution is -0.119. The van der Waals surface area contributed by atoms with E-state index in [-0.39, 0.29) is 45.7 Å². The number of aromatic amines is 2. The summed E-state index contributed by atoms with van der Waals surface area (Å²) >= 11 is 0. The Balaban J connectivity index is 0.000000208. The molecule has 0 aliphatic carbocycles. The highest BCUT2D eigenvalue weighted by molar-refractivity contribution is 5.91. The van der Waals surface area contributed by atoms with Gasteiger partial charge in [-0.15, -0.1) is 0 Å². The Kier molecular flexibility index (Phi) is 13.3. The highest BCUT2D eigenvalue weighted by Crippen LogP contribution is 2.30. The number of hydrogen-bond acceptors (Lipinski definition) is 10. The Hall–Kier alpha value is -4.96. The molecule has 4 aromatic heterocycles. The van der Waals surface area contributed by atoms with Crippen molar-refractivity contribution in [2.24, 2.45) is 10.8 Å². The summed E-state index contributed by atoms with van der Waals surface area (Å²) in [5.74, 6) is -0.965. The van der Waals surface area contributed by atoms with E-state index in [1.165, 1.54) is 58.5 Å². The van der Waals surface area contributed by atoms with Crippen LogP contribution in [0.2, 0.25) is 0 Å². The molecule has 54 heavy (non-hydrogen) atoms. The number of carbonyl (C=O) groups excluding carboxylic acids is 2. The summed E-state index contributed by atoms with van der Waals surface area (Å²) in [4.78, 5) is 37.6. The average molecular weight is 751 g/mol. The molecule has 14 nitrogen and oxygen atoms in total. The van der Waals surface area contributed by atoms with E-state index in [9.17, 15) is 18.4 Å². The van der Waals surface area contributed by atoms with Gasteiger partial charge in [-0.3, -0.25) is 24.8 Å². The maximum atomic E-state index is 14.7. The zero-order valence-corrected chi connectivity index (χ0v) is 32.0. The quantitative estimate of drug-likeness (QED) is 0.118. The molecular formula is C38H52F2N10O4. The van der Waals surface area contributed by atoms with E-state index in [4.69, 9.17) is 9.47 Å². The number of ether oxygens (including phenoxy) is 2. The number of hydrogen-bond donors (Lipinski definition) is 4. The lowest BCUT2D eigenvalue weighted by atomic mass is 9.88. The second-order valence-electron chi connectivity index (χ2n) is 15.5. The lowest BCUT2D eigenvalue weighted by Gasteiger charge is -2.29. The molecule has 0 spiro atoms. The molecule has 6 heterocycles. The number of H-pyrrole nitrogens is 2. The summed E-state index contributed by atoms with van der Waals surface area (Å²) in [7, 11) is 3.03. The number of nitrogens with zero attached hydrogens (tertiary/aromatic N) is 6. The van der Waals surface area contributed by atoms with Crippen LogP contribution in [-0.4, -0.2) is 105 Å². The topological polar surface area (TPSA) is 166 Å². The molecule has 2 amide bonds. The number of anilines is 2. The van der Waals surface area contributed by atoms with E-state index in [1.807, 2.05) is 0 Å². The normalized spacial score (nSPS) is 15.1. The van der Waals surface area contributed by atoms with Crippen molar-refractivity contribution >= 4 is 23.5 Å². The van der Waals surface area contributed by atoms with Crippen molar-refractivity contribution < 1.29 is 27.8 Å². The maximum absolute atomic E-state index is 14.7. The zero-order valence-electron chi connectivity index (χ0n) is 32.0. The number of carbonyl (C=O) groups is 2. The molecule has 4 N–H and O–H groups in total. The van der Waals surface area contributed by atoms with Gasteiger partial charge in [0, 0.05) is 55.5 Å². The lowest BCUT2D eigenvalue weighted by Crippen LogP contribution is -2.35. The smallest absolute Gasteiger partial charge is 0.226 e. The van der Waals surface area contributed by atoms with Gasteiger partial charge >= 0.3 is 0 Å². The van der Waals surface area contributed by atoms with E-state index >= 15 is 0 Å². The molecule has 2 aliphatic heterocycles. The first-order valence-electron chi connectivity index (χ1n) is 18.3. The van der Waals surface area contributed by atoms with E-state index < -0.39 is 11.6 Å². The third-order valence-corrected chi connectivity index (χ3v) is 9.38. The van der Waals surface area contributed by atoms with Gasteiger partial charge in [-0.1, -0.05) is 27.7 Å². The highest BCUT2D eigenvalue weighted by Gasteiger charge is 2.29. The highest BCUT2D eigenvalue weighted by atomic mass is 19.1. The summed E-state index contributed by atoms with van der Waals surface area (Å²) in [6.07, 6.45) is 9.97. The van der Waals surface area contributed by atoms with E-state index in [1.54, 1.807) is 18.2 Å². The van der Waals surface area contributed by atoms with Crippen molar-refractivity contribution in [3.63, 3.8) is 0 Å². The second kappa shape index (κ2) is 17.9. The molecule has 292 valence electrons. The van der Waals surface area contributed by atoms with Gasteiger partial charge in [0.2, 0.25) is 17.7 Å². The van der Waals surface area contributed by atoms with Crippen LogP contribution in [0.1, 0.15) is 66.2 Å². The number of amides is 2. The standard InChI is InChI=1S/2C19H26FN5O2/c1-19(2,12-25-8-4-5-9-25)10-14(26)22-18-16(20)17(23-24-18)13-6-7-15(27-3)21-11-13;1-19(2,12-25-6-4-5-7-25)9-15(26)22-18-16(20)17(23-24-18)13-8-14(27-3)11-21-10-13/h6-7,11H,4-5,8-10,12H2,1-3H3,(H2,22,23,24,26);8,10-11H,4-7,9,12H2,1-3H3,(H2,22,23,24,26). The largest absolute Gasteiger partial charge is 0.495 e. The summed E-state index contributed by atoms with van der Waals surface area (Å²) in [6.45, 7) is 14.2. The van der Waals surface area contributed by atoms with Gasteiger partial charge in [0.25, 0.3) is 0 Å². The number of methoxy groups -OCH3 is 2. The van der Waals surface area contributed by atoms with Crippen LogP contribution < -0.4 is 20.1 Å². The third-order valence-electron chi connectivity index (χ3n) is 9.38. The van der Waals surface area contributed by atoms with Crippen LogP contribution in [-0.2, 0) is 9.59 Å². The van der Waals surface area contributed by atoms with Gasteiger partial charge in [0.15, 0.2) is 23.3 Å². The van der Waals surface area contributed by atoms with Gasteiger partial charge in [-0.05, 0) is 74.8 Å². The molecule has 16 heteroatoms. The first-order chi connectivity index (χ1) is 25.8. The summed E-state index contributed by atoms with van der Waals surface area (Å²) in [5, 5.41) is 18.2. The zero-order chi connectivity index (χ0) is 38.9. The summed E-state index contributed by atoms with van der Waals surface area (Å²) in [6, 6.07) is 4.95. The summed E-state index contributed by atoms with van der Waals surface area (Å²) in [5.41, 5.74) is 0.972. The number of halogens is 2. The molecule has 0 radical (unpaired) electrons. The molecule has 0 unspecified atom stereocenters. The van der Waals surface area contributed by atoms with Crippen molar-refractivity contribution in [2.75, 3.05) is 64.1 Å². The van der Waals surface area contributed by atoms with Crippen LogP contribution in [0.25, 0.3) is 22.5 Å². The van der Waals surface area contributed by atoms with Crippen molar-refractivity contribution in [3.8, 4) is 34.1 Å². The van der Waals surface area contributed by atoms with Gasteiger partial charge in [0.05, 0.1) is 20.4 Å². The first-order valence-corrected chi connectivity index (χ1v) is 18.3. The molecule has 2 saturated heterocycles.